The summed E-state index contributed by atoms with van der Waals surface area (Å²) in [5.74, 6) is -0.0701. The number of carbonyl (C=O) groups is 1. The van der Waals surface area contributed by atoms with Crippen LogP contribution in [0.3, 0.4) is 0 Å². The molecule has 0 fully saturated rings. The van der Waals surface area contributed by atoms with Gasteiger partial charge in [0.05, 0.1) is 0 Å². The number of rotatable bonds is 6. The number of carbonyl (C=O) groups excluding carboxylic acids is 1. The van der Waals surface area contributed by atoms with E-state index in [0.717, 1.165) is 5.56 Å². The maximum absolute atomic E-state index is 12.0. The van der Waals surface area contributed by atoms with E-state index in [0.29, 0.717) is 29.4 Å². The standard InChI is InChI=1S/C17H21N3O2S/c1-11-5-4-6-13(9-11)10-18-15(21)8-7-14-12(2)19-17(23-3)20-16(14)22/h4-6,9H,7-8,10H2,1-3H3,(H,18,21)(H,19,20,22). The molecule has 1 heterocycles. The molecule has 0 spiro atoms. The minimum atomic E-state index is -0.159. The van der Waals surface area contributed by atoms with Crippen LogP contribution in [-0.2, 0) is 17.8 Å². The van der Waals surface area contributed by atoms with Crippen molar-refractivity contribution < 1.29 is 4.79 Å². The third-order valence-electron chi connectivity index (χ3n) is 3.57. The topological polar surface area (TPSA) is 74.8 Å². The zero-order valence-electron chi connectivity index (χ0n) is 13.6. The van der Waals surface area contributed by atoms with Crippen molar-refractivity contribution in [3.8, 4) is 0 Å². The average Bonchev–Trinajstić information content (AvgIpc) is 2.52. The van der Waals surface area contributed by atoms with Gasteiger partial charge in [-0.2, -0.15) is 0 Å². The van der Waals surface area contributed by atoms with Crippen molar-refractivity contribution in [1.82, 2.24) is 15.3 Å². The molecule has 1 aromatic heterocycles. The van der Waals surface area contributed by atoms with E-state index in [2.05, 4.69) is 15.3 Å². The summed E-state index contributed by atoms with van der Waals surface area (Å²) in [5, 5.41) is 3.48. The number of aryl methyl sites for hydroxylation is 2. The minimum Gasteiger partial charge on any atom is -0.352 e. The Hall–Kier alpha value is -2.08. The SMILES string of the molecule is CSc1nc(C)c(CCC(=O)NCc2cccc(C)c2)c(=O)[nH]1. The van der Waals surface area contributed by atoms with Gasteiger partial charge in [0.15, 0.2) is 5.16 Å². The lowest BCUT2D eigenvalue weighted by atomic mass is 10.1. The first-order valence-corrected chi connectivity index (χ1v) is 8.68. The summed E-state index contributed by atoms with van der Waals surface area (Å²) in [4.78, 5) is 31.0. The van der Waals surface area contributed by atoms with Crippen molar-refractivity contribution in [2.24, 2.45) is 0 Å². The first kappa shape index (κ1) is 17.3. The Morgan fingerprint density at radius 3 is 2.78 bits per heavy atom. The van der Waals surface area contributed by atoms with Crippen LogP contribution in [0.25, 0.3) is 0 Å². The molecule has 5 nitrogen and oxygen atoms in total. The molecule has 0 aliphatic rings. The summed E-state index contributed by atoms with van der Waals surface area (Å²) in [6.07, 6.45) is 2.52. The van der Waals surface area contributed by atoms with Crippen LogP contribution in [0, 0.1) is 13.8 Å². The number of aromatic nitrogens is 2. The van der Waals surface area contributed by atoms with E-state index < -0.39 is 0 Å². The number of nitrogens with one attached hydrogen (secondary N) is 2. The summed E-state index contributed by atoms with van der Waals surface area (Å²) in [6, 6.07) is 8.01. The summed E-state index contributed by atoms with van der Waals surface area (Å²) >= 11 is 1.39. The molecule has 0 saturated carbocycles. The fourth-order valence-corrected chi connectivity index (χ4v) is 2.75. The highest BCUT2D eigenvalue weighted by atomic mass is 32.2. The molecule has 0 aliphatic heterocycles. The van der Waals surface area contributed by atoms with Crippen molar-refractivity contribution >= 4 is 17.7 Å². The predicted molar refractivity (Wildman–Crippen MR) is 92.7 cm³/mol. The third-order valence-corrected chi connectivity index (χ3v) is 4.15. The van der Waals surface area contributed by atoms with Crippen LogP contribution in [0.1, 0.15) is 28.8 Å². The number of aromatic amines is 1. The van der Waals surface area contributed by atoms with E-state index in [-0.39, 0.29) is 17.9 Å². The highest BCUT2D eigenvalue weighted by Gasteiger charge is 2.10. The van der Waals surface area contributed by atoms with Crippen LogP contribution in [0.15, 0.2) is 34.2 Å². The van der Waals surface area contributed by atoms with Gasteiger partial charge in [-0.3, -0.25) is 9.59 Å². The molecule has 0 unspecified atom stereocenters. The molecule has 2 N–H and O–H groups in total. The zero-order chi connectivity index (χ0) is 16.8. The van der Waals surface area contributed by atoms with Gasteiger partial charge in [0.25, 0.3) is 5.56 Å². The van der Waals surface area contributed by atoms with Gasteiger partial charge >= 0.3 is 0 Å². The zero-order valence-corrected chi connectivity index (χ0v) is 14.4. The molecule has 122 valence electrons. The number of hydrogen-bond donors (Lipinski definition) is 2. The Bertz CT molecular complexity index is 756. The van der Waals surface area contributed by atoms with E-state index in [9.17, 15) is 9.59 Å². The molecule has 0 aliphatic carbocycles. The Morgan fingerprint density at radius 2 is 2.13 bits per heavy atom. The summed E-state index contributed by atoms with van der Waals surface area (Å²) < 4.78 is 0. The molecule has 2 rings (SSSR count). The maximum atomic E-state index is 12.0. The second-order valence-electron chi connectivity index (χ2n) is 5.40. The van der Waals surface area contributed by atoms with Gasteiger partial charge < -0.3 is 10.3 Å². The molecule has 1 amide bonds. The highest BCUT2D eigenvalue weighted by molar-refractivity contribution is 7.98. The molecule has 23 heavy (non-hydrogen) atoms. The van der Waals surface area contributed by atoms with Crippen LogP contribution in [0.5, 0.6) is 0 Å². The van der Waals surface area contributed by atoms with E-state index in [1.807, 2.05) is 37.4 Å². The van der Waals surface area contributed by atoms with Crippen LogP contribution >= 0.6 is 11.8 Å². The lowest BCUT2D eigenvalue weighted by Gasteiger charge is -2.08. The molecule has 2 aromatic rings. The molecular weight excluding hydrogens is 310 g/mol. The number of H-pyrrole nitrogens is 1. The Morgan fingerprint density at radius 1 is 1.35 bits per heavy atom. The van der Waals surface area contributed by atoms with Crippen molar-refractivity contribution in [1.29, 1.82) is 0 Å². The normalized spacial score (nSPS) is 10.6. The van der Waals surface area contributed by atoms with Crippen LogP contribution in [0.4, 0.5) is 0 Å². The lowest BCUT2D eigenvalue weighted by Crippen LogP contribution is -2.25. The number of hydrogen-bond acceptors (Lipinski definition) is 4. The van der Waals surface area contributed by atoms with Crippen molar-refractivity contribution in [3.05, 3.63) is 57.0 Å². The largest absolute Gasteiger partial charge is 0.352 e. The smallest absolute Gasteiger partial charge is 0.254 e. The van der Waals surface area contributed by atoms with Crippen LogP contribution in [0.2, 0.25) is 0 Å². The van der Waals surface area contributed by atoms with Crippen LogP contribution in [-0.4, -0.2) is 22.1 Å². The molecule has 0 bridgehead atoms. The maximum Gasteiger partial charge on any atom is 0.254 e. The molecule has 6 heteroatoms. The molecular formula is C17H21N3O2S. The molecule has 0 saturated heterocycles. The number of nitrogens with zero attached hydrogens (tertiary/aromatic N) is 1. The first-order valence-electron chi connectivity index (χ1n) is 7.45. The van der Waals surface area contributed by atoms with Gasteiger partial charge in [0.1, 0.15) is 0 Å². The quantitative estimate of drug-likeness (QED) is 0.629. The van der Waals surface area contributed by atoms with Crippen molar-refractivity contribution in [3.63, 3.8) is 0 Å². The average molecular weight is 331 g/mol. The first-order chi connectivity index (χ1) is 11.0. The predicted octanol–water partition coefficient (Wildman–Crippen LogP) is 2.36. The number of thioether (sulfide) groups is 1. The summed E-state index contributed by atoms with van der Waals surface area (Å²) in [5.41, 5.74) is 3.34. The van der Waals surface area contributed by atoms with Crippen molar-refractivity contribution in [2.45, 2.75) is 38.4 Å². The number of amides is 1. The Kier molecular flexibility index (Phi) is 5.98. The third kappa shape index (κ3) is 4.96. The molecule has 1 aromatic carbocycles. The summed E-state index contributed by atoms with van der Waals surface area (Å²) in [7, 11) is 0. The fraction of sp³-hybridized carbons (Fsp3) is 0.353. The van der Waals surface area contributed by atoms with Gasteiger partial charge in [-0.05, 0) is 32.1 Å². The fourth-order valence-electron chi connectivity index (χ4n) is 2.33. The lowest BCUT2D eigenvalue weighted by molar-refractivity contribution is -0.121. The van der Waals surface area contributed by atoms with E-state index in [1.165, 1.54) is 17.3 Å². The Balaban J connectivity index is 1.91. The van der Waals surface area contributed by atoms with Gasteiger partial charge in [-0.1, -0.05) is 41.6 Å². The molecule has 0 radical (unpaired) electrons. The van der Waals surface area contributed by atoms with Gasteiger partial charge in [0.2, 0.25) is 5.91 Å². The van der Waals surface area contributed by atoms with Gasteiger partial charge in [-0.15, -0.1) is 0 Å². The van der Waals surface area contributed by atoms with Gasteiger partial charge in [0, 0.05) is 24.2 Å². The molecule has 0 atom stereocenters. The monoisotopic (exact) mass is 331 g/mol. The second kappa shape index (κ2) is 7.97. The second-order valence-corrected chi connectivity index (χ2v) is 6.20. The summed E-state index contributed by atoms with van der Waals surface area (Å²) in [6.45, 7) is 4.32. The van der Waals surface area contributed by atoms with E-state index >= 15 is 0 Å². The van der Waals surface area contributed by atoms with Crippen LogP contribution < -0.4 is 10.9 Å². The number of benzene rings is 1. The highest BCUT2D eigenvalue weighted by Crippen LogP contribution is 2.09. The van der Waals surface area contributed by atoms with E-state index in [4.69, 9.17) is 0 Å². The van der Waals surface area contributed by atoms with Crippen molar-refractivity contribution in [2.75, 3.05) is 6.26 Å². The Labute approximate surface area is 139 Å². The van der Waals surface area contributed by atoms with E-state index in [1.54, 1.807) is 6.92 Å². The minimum absolute atomic E-state index is 0.0701. The van der Waals surface area contributed by atoms with Gasteiger partial charge in [-0.25, -0.2) is 4.98 Å².